The molecule has 0 saturated carbocycles. The van der Waals surface area contributed by atoms with E-state index < -0.39 is 0 Å². The highest BCUT2D eigenvalue weighted by Crippen LogP contribution is 2.32. The zero-order chi connectivity index (χ0) is 16.8. The molecule has 0 aliphatic rings. The molecule has 4 heteroatoms. The molecule has 1 aromatic rings. The molecule has 1 rings (SSSR count). The Labute approximate surface area is 134 Å². The molecule has 0 aliphatic carbocycles. The van der Waals surface area contributed by atoms with Crippen LogP contribution in [0.3, 0.4) is 0 Å². The number of methoxy groups -OCH3 is 2. The van der Waals surface area contributed by atoms with E-state index in [-0.39, 0.29) is 11.3 Å². The lowest BCUT2D eigenvalue weighted by atomic mass is 9.91. The molecule has 0 aliphatic heterocycles. The molecule has 0 N–H and O–H groups in total. The summed E-state index contributed by atoms with van der Waals surface area (Å²) in [7, 11) is 3.25. The van der Waals surface area contributed by atoms with Crippen molar-refractivity contribution in [3.8, 4) is 11.5 Å². The van der Waals surface area contributed by atoms with Gasteiger partial charge in [0.2, 0.25) is 5.91 Å². The van der Waals surface area contributed by atoms with Crippen molar-refractivity contribution in [2.75, 3.05) is 20.8 Å². The number of benzene rings is 1. The van der Waals surface area contributed by atoms with Crippen LogP contribution in [0.25, 0.3) is 0 Å². The van der Waals surface area contributed by atoms with Crippen molar-refractivity contribution >= 4 is 5.91 Å². The summed E-state index contributed by atoms with van der Waals surface area (Å²) in [6.07, 6.45) is 1.47. The van der Waals surface area contributed by atoms with E-state index in [4.69, 9.17) is 9.47 Å². The van der Waals surface area contributed by atoms with Gasteiger partial charge in [0, 0.05) is 25.1 Å². The van der Waals surface area contributed by atoms with Gasteiger partial charge in [-0.1, -0.05) is 39.8 Å². The van der Waals surface area contributed by atoms with Gasteiger partial charge in [0.25, 0.3) is 0 Å². The van der Waals surface area contributed by atoms with E-state index in [0.717, 1.165) is 18.5 Å². The third kappa shape index (κ3) is 5.24. The van der Waals surface area contributed by atoms with Crippen molar-refractivity contribution in [3.63, 3.8) is 0 Å². The second-order valence-corrected chi connectivity index (χ2v) is 6.71. The quantitative estimate of drug-likeness (QED) is 0.767. The van der Waals surface area contributed by atoms with Crippen LogP contribution in [0, 0.1) is 5.41 Å². The summed E-state index contributed by atoms with van der Waals surface area (Å²) in [5.41, 5.74) is 0.958. The number of hydrogen-bond acceptors (Lipinski definition) is 3. The molecule has 0 unspecified atom stereocenters. The lowest BCUT2D eigenvalue weighted by molar-refractivity contribution is -0.133. The van der Waals surface area contributed by atoms with Crippen LogP contribution in [-0.4, -0.2) is 31.6 Å². The first kappa shape index (κ1) is 18.3. The van der Waals surface area contributed by atoms with E-state index in [1.807, 2.05) is 23.1 Å². The Balaban J connectivity index is 2.98. The molecule has 0 spiro atoms. The van der Waals surface area contributed by atoms with E-state index in [1.54, 1.807) is 14.2 Å². The van der Waals surface area contributed by atoms with E-state index in [0.29, 0.717) is 24.5 Å². The van der Waals surface area contributed by atoms with Gasteiger partial charge in [0.05, 0.1) is 14.2 Å². The van der Waals surface area contributed by atoms with Crippen LogP contribution in [0.15, 0.2) is 18.2 Å². The minimum absolute atomic E-state index is 0.0124. The van der Waals surface area contributed by atoms with Crippen LogP contribution in [-0.2, 0) is 11.3 Å². The first-order valence-electron chi connectivity index (χ1n) is 7.80. The topological polar surface area (TPSA) is 38.8 Å². The average Bonchev–Trinajstić information content (AvgIpc) is 2.44. The summed E-state index contributed by atoms with van der Waals surface area (Å²) >= 11 is 0. The minimum Gasteiger partial charge on any atom is -0.493 e. The molecule has 1 amide bonds. The first-order chi connectivity index (χ1) is 10.3. The van der Waals surface area contributed by atoms with Crippen molar-refractivity contribution in [2.24, 2.45) is 5.41 Å². The first-order valence-corrected chi connectivity index (χ1v) is 7.80. The fourth-order valence-corrected chi connectivity index (χ4v) is 2.41. The molecule has 0 radical (unpaired) electrons. The fraction of sp³-hybridized carbons (Fsp3) is 0.611. The Morgan fingerprint density at radius 3 is 2.36 bits per heavy atom. The van der Waals surface area contributed by atoms with Gasteiger partial charge in [-0.2, -0.15) is 0 Å². The Morgan fingerprint density at radius 2 is 1.86 bits per heavy atom. The van der Waals surface area contributed by atoms with Crippen molar-refractivity contribution in [2.45, 2.75) is 47.1 Å². The summed E-state index contributed by atoms with van der Waals surface area (Å²) in [4.78, 5) is 14.5. The van der Waals surface area contributed by atoms with E-state index in [9.17, 15) is 4.79 Å². The number of hydrogen-bond donors (Lipinski definition) is 0. The lowest BCUT2D eigenvalue weighted by Gasteiger charge is -2.27. The second-order valence-electron chi connectivity index (χ2n) is 6.71. The number of para-hydroxylation sites is 1. The maximum Gasteiger partial charge on any atom is 0.223 e. The van der Waals surface area contributed by atoms with Gasteiger partial charge in [-0.3, -0.25) is 4.79 Å². The molecule has 0 bridgehead atoms. The summed E-state index contributed by atoms with van der Waals surface area (Å²) in [5, 5.41) is 0. The number of amides is 1. The zero-order valence-electron chi connectivity index (χ0n) is 14.7. The Morgan fingerprint density at radius 1 is 1.18 bits per heavy atom. The van der Waals surface area contributed by atoms with Crippen LogP contribution in [0.4, 0.5) is 0 Å². The van der Waals surface area contributed by atoms with Crippen LogP contribution in [0.5, 0.6) is 11.5 Å². The van der Waals surface area contributed by atoms with Gasteiger partial charge in [0.15, 0.2) is 11.5 Å². The van der Waals surface area contributed by atoms with Gasteiger partial charge in [-0.05, 0) is 17.9 Å². The Bertz CT molecular complexity index is 492. The highest BCUT2D eigenvalue weighted by Gasteiger charge is 2.22. The second kappa shape index (κ2) is 8.06. The fourth-order valence-electron chi connectivity index (χ4n) is 2.41. The van der Waals surface area contributed by atoms with Gasteiger partial charge < -0.3 is 14.4 Å². The smallest absolute Gasteiger partial charge is 0.223 e. The molecule has 124 valence electrons. The minimum atomic E-state index is -0.0124. The third-order valence-corrected chi connectivity index (χ3v) is 3.37. The number of rotatable bonds is 7. The van der Waals surface area contributed by atoms with Gasteiger partial charge in [-0.15, -0.1) is 0 Å². The molecule has 4 nitrogen and oxygen atoms in total. The normalized spacial score (nSPS) is 11.2. The Hall–Kier alpha value is -1.71. The largest absolute Gasteiger partial charge is 0.493 e. The molecule has 1 aromatic carbocycles. The van der Waals surface area contributed by atoms with Crippen LogP contribution in [0.2, 0.25) is 0 Å². The molecular formula is C18H29NO3. The summed E-state index contributed by atoms with van der Waals surface area (Å²) in [6, 6.07) is 5.77. The molecule has 0 aromatic heterocycles. The highest BCUT2D eigenvalue weighted by atomic mass is 16.5. The number of carbonyl (C=O) groups is 1. The highest BCUT2D eigenvalue weighted by molar-refractivity contribution is 5.77. The summed E-state index contributed by atoms with van der Waals surface area (Å²) in [6.45, 7) is 9.63. The SMILES string of the molecule is CCCN(Cc1cccc(OC)c1OC)C(=O)CC(C)(C)C. The van der Waals surface area contributed by atoms with Gasteiger partial charge in [0.1, 0.15) is 0 Å². The molecule has 22 heavy (non-hydrogen) atoms. The Kier molecular flexibility index (Phi) is 6.72. The van der Waals surface area contributed by atoms with E-state index in [1.165, 1.54) is 0 Å². The molecular weight excluding hydrogens is 278 g/mol. The average molecular weight is 307 g/mol. The van der Waals surface area contributed by atoms with Crippen LogP contribution < -0.4 is 9.47 Å². The van der Waals surface area contributed by atoms with Crippen molar-refractivity contribution in [3.05, 3.63) is 23.8 Å². The van der Waals surface area contributed by atoms with Crippen molar-refractivity contribution < 1.29 is 14.3 Å². The van der Waals surface area contributed by atoms with Crippen LogP contribution >= 0.6 is 0 Å². The van der Waals surface area contributed by atoms with E-state index in [2.05, 4.69) is 27.7 Å². The van der Waals surface area contributed by atoms with Gasteiger partial charge in [-0.25, -0.2) is 0 Å². The number of ether oxygens (including phenoxy) is 2. The number of nitrogens with zero attached hydrogens (tertiary/aromatic N) is 1. The summed E-state index contributed by atoms with van der Waals surface area (Å²) < 4.78 is 10.8. The zero-order valence-corrected chi connectivity index (χ0v) is 14.7. The maximum absolute atomic E-state index is 12.6. The molecule has 0 fully saturated rings. The molecule has 0 heterocycles. The molecule has 0 atom stereocenters. The van der Waals surface area contributed by atoms with Crippen LogP contribution in [0.1, 0.15) is 46.1 Å². The predicted octanol–water partition coefficient (Wildman–Crippen LogP) is 3.88. The molecule has 0 saturated heterocycles. The maximum atomic E-state index is 12.6. The summed E-state index contributed by atoms with van der Waals surface area (Å²) in [5.74, 6) is 1.58. The predicted molar refractivity (Wildman–Crippen MR) is 89.3 cm³/mol. The lowest BCUT2D eigenvalue weighted by Crippen LogP contribution is -2.33. The van der Waals surface area contributed by atoms with Gasteiger partial charge >= 0.3 is 0 Å². The number of carbonyl (C=O) groups excluding carboxylic acids is 1. The van der Waals surface area contributed by atoms with Crippen molar-refractivity contribution in [1.29, 1.82) is 0 Å². The standard InChI is InChI=1S/C18H29NO3/c1-7-11-19(16(20)12-18(2,3)4)13-14-9-8-10-15(21-5)17(14)22-6/h8-10H,7,11-13H2,1-6H3. The van der Waals surface area contributed by atoms with Crippen molar-refractivity contribution in [1.82, 2.24) is 4.90 Å². The third-order valence-electron chi connectivity index (χ3n) is 3.37. The monoisotopic (exact) mass is 307 g/mol. The van der Waals surface area contributed by atoms with E-state index >= 15 is 0 Å².